The van der Waals surface area contributed by atoms with E-state index in [9.17, 15) is 18.0 Å². The fraction of sp³-hybridized carbons (Fsp3) is 0.750. The van der Waals surface area contributed by atoms with Crippen LogP contribution in [0.2, 0.25) is 0 Å². The summed E-state index contributed by atoms with van der Waals surface area (Å²) in [7, 11) is -3.02. The standard InChI is InChI=1S/C12H20N4O4S2/c1-3-5-16-11(18)14-15-12(16)21-8(2)10(17)13-9-4-6-22(19,20)7-9/h8-9H,3-7H2,1-2H3,(H,13,17)(H,14,18)/t8-,9+/m0/s1. The number of aromatic nitrogens is 3. The summed E-state index contributed by atoms with van der Waals surface area (Å²) in [4.78, 5) is 23.7. The number of hydrogen-bond donors (Lipinski definition) is 2. The molecule has 2 atom stereocenters. The van der Waals surface area contributed by atoms with Gasteiger partial charge in [-0.05, 0) is 19.8 Å². The van der Waals surface area contributed by atoms with Crippen LogP contribution < -0.4 is 11.0 Å². The molecule has 1 aliphatic rings. The van der Waals surface area contributed by atoms with Gasteiger partial charge in [-0.25, -0.2) is 18.3 Å². The van der Waals surface area contributed by atoms with Crippen LogP contribution in [0, 0.1) is 0 Å². The Morgan fingerprint density at radius 3 is 2.91 bits per heavy atom. The molecule has 0 spiro atoms. The van der Waals surface area contributed by atoms with Gasteiger partial charge in [0.15, 0.2) is 15.0 Å². The summed E-state index contributed by atoms with van der Waals surface area (Å²) < 4.78 is 24.3. The van der Waals surface area contributed by atoms with Crippen molar-refractivity contribution in [1.82, 2.24) is 20.1 Å². The molecule has 22 heavy (non-hydrogen) atoms. The van der Waals surface area contributed by atoms with Gasteiger partial charge in [-0.15, -0.1) is 5.10 Å². The number of amides is 1. The summed E-state index contributed by atoms with van der Waals surface area (Å²) in [6.07, 6.45) is 1.24. The number of hydrogen-bond acceptors (Lipinski definition) is 6. The van der Waals surface area contributed by atoms with Gasteiger partial charge in [0.05, 0.1) is 16.8 Å². The highest BCUT2D eigenvalue weighted by Crippen LogP contribution is 2.21. The number of carbonyl (C=O) groups excluding carboxylic acids is 1. The second-order valence-electron chi connectivity index (χ2n) is 5.33. The van der Waals surface area contributed by atoms with E-state index in [2.05, 4.69) is 15.5 Å². The Morgan fingerprint density at radius 1 is 1.59 bits per heavy atom. The Bertz CT molecular complexity index is 694. The van der Waals surface area contributed by atoms with Crippen molar-refractivity contribution in [3.63, 3.8) is 0 Å². The van der Waals surface area contributed by atoms with E-state index in [0.717, 1.165) is 6.42 Å². The average Bonchev–Trinajstić information content (AvgIpc) is 2.95. The van der Waals surface area contributed by atoms with Gasteiger partial charge < -0.3 is 5.32 Å². The Morgan fingerprint density at radius 2 is 2.32 bits per heavy atom. The number of nitrogens with one attached hydrogen (secondary N) is 2. The van der Waals surface area contributed by atoms with Crippen LogP contribution >= 0.6 is 11.8 Å². The third-order valence-corrected chi connectivity index (χ3v) is 6.26. The topological polar surface area (TPSA) is 114 Å². The quantitative estimate of drug-likeness (QED) is 0.686. The maximum atomic E-state index is 12.1. The molecule has 8 nitrogen and oxygen atoms in total. The van der Waals surface area contributed by atoms with Crippen LogP contribution in [0.25, 0.3) is 0 Å². The normalized spacial score (nSPS) is 21.6. The van der Waals surface area contributed by atoms with Gasteiger partial charge >= 0.3 is 5.69 Å². The van der Waals surface area contributed by atoms with Crippen molar-refractivity contribution in [2.45, 2.75) is 49.7 Å². The molecule has 0 radical (unpaired) electrons. The SMILES string of the molecule is CCCn1c(S[C@@H](C)C(=O)N[C@@H]2CCS(=O)(=O)C2)n[nH]c1=O. The highest BCUT2D eigenvalue weighted by molar-refractivity contribution is 8.00. The lowest BCUT2D eigenvalue weighted by Gasteiger charge is -2.15. The maximum absolute atomic E-state index is 12.1. The number of sulfone groups is 1. The molecule has 2 N–H and O–H groups in total. The van der Waals surface area contributed by atoms with E-state index in [1.165, 1.54) is 16.3 Å². The predicted molar refractivity (Wildman–Crippen MR) is 83.7 cm³/mol. The molecule has 0 aromatic carbocycles. The molecule has 0 bridgehead atoms. The van der Waals surface area contributed by atoms with E-state index < -0.39 is 15.1 Å². The number of aromatic amines is 1. The van der Waals surface area contributed by atoms with Crippen LogP contribution in [0.5, 0.6) is 0 Å². The molecule has 1 aromatic heterocycles. The van der Waals surface area contributed by atoms with Gasteiger partial charge in [-0.3, -0.25) is 9.36 Å². The molecule has 0 aliphatic carbocycles. The first kappa shape index (κ1) is 17.1. The fourth-order valence-corrected chi connectivity index (χ4v) is 4.82. The van der Waals surface area contributed by atoms with Crippen molar-refractivity contribution in [1.29, 1.82) is 0 Å². The molecular weight excluding hydrogens is 328 g/mol. The Labute approximate surface area is 133 Å². The molecular formula is C12H20N4O4S2. The molecule has 1 fully saturated rings. The van der Waals surface area contributed by atoms with Gasteiger partial charge in [0.25, 0.3) is 0 Å². The number of rotatable bonds is 6. The summed E-state index contributed by atoms with van der Waals surface area (Å²) in [5.74, 6) is -0.126. The van der Waals surface area contributed by atoms with Crippen molar-refractivity contribution in [3.8, 4) is 0 Å². The van der Waals surface area contributed by atoms with Crippen LogP contribution in [0.3, 0.4) is 0 Å². The van der Waals surface area contributed by atoms with Crippen LogP contribution in [-0.2, 0) is 21.2 Å². The Kier molecular flexibility index (Phi) is 5.32. The lowest BCUT2D eigenvalue weighted by Crippen LogP contribution is -2.40. The molecule has 1 aromatic rings. The molecule has 1 saturated heterocycles. The largest absolute Gasteiger partial charge is 0.351 e. The minimum atomic E-state index is -3.02. The molecule has 124 valence electrons. The number of H-pyrrole nitrogens is 1. The minimum Gasteiger partial charge on any atom is -0.351 e. The summed E-state index contributed by atoms with van der Waals surface area (Å²) in [6, 6.07) is -0.322. The first-order chi connectivity index (χ1) is 10.3. The number of nitrogens with zero attached hydrogens (tertiary/aromatic N) is 2. The van der Waals surface area contributed by atoms with E-state index in [1.807, 2.05) is 6.92 Å². The van der Waals surface area contributed by atoms with Crippen molar-refractivity contribution < 1.29 is 13.2 Å². The van der Waals surface area contributed by atoms with E-state index in [-0.39, 0.29) is 29.1 Å². The first-order valence-corrected chi connectivity index (χ1v) is 9.85. The first-order valence-electron chi connectivity index (χ1n) is 7.15. The van der Waals surface area contributed by atoms with E-state index >= 15 is 0 Å². The number of thioether (sulfide) groups is 1. The van der Waals surface area contributed by atoms with Crippen LogP contribution in [0.15, 0.2) is 9.95 Å². The second kappa shape index (κ2) is 6.86. The molecule has 0 saturated carbocycles. The highest BCUT2D eigenvalue weighted by atomic mass is 32.2. The average molecular weight is 348 g/mol. The summed E-state index contributed by atoms with van der Waals surface area (Å²) >= 11 is 1.18. The summed E-state index contributed by atoms with van der Waals surface area (Å²) in [5.41, 5.74) is -0.293. The third kappa shape index (κ3) is 4.13. The zero-order valence-corrected chi connectivity index (χ0v) is 14.2. The van der Waals surface area contributed by atoms with Crippen molar-refractivity contribution in [2.24, 2.45) is 0 Å². The van der Waals surface area contributed by atoms with Gasteiger partial charge in [0.2, 0.25) is 5.91 Å². The van der Waals surface area contributed by atoms with Gasteiger partial charge in [0, 0.05) is 12.6 Å². The second-order valence-corrected chi connectivity index (χ2v) is 8.87. The molecule has 1 amide bonds. The fourth-order valence-electron chi connectivity index (χ4n) is 2.25. The smallest absolute Gasteiger partial charge is 0.343 e. The van der Waals surface area contributed by atoms with Crippen molar-refractivity contribution in [2.75, 3.05) is 11.5 Å². The van der Waals surface area contributed by atoms with Crippen LogP contribution in [0.1, 0.15) is 26.7 Å². The van der Waals surface area contributed by atoms with Gasteiger partial charge in [-0.1, -0.05) is 18.7 Å². The summed E-state index contributed by atoms with van der Waals surface area (Å²) in [6.45, 7) is 4.19. The number of carbonyl (C=O) groups is 1. The highest BCUT2D eigenvalue weighted by Gasteiger charge is 2.30. The predicted octanol–water partition coefficient (Wildman–Crippen LogP) is -0.235. The maximum Gasteiger partial charge on any atom is 0.343 e. The zero-order chi connectivity index (χ0) is 16.3. The molecule has 2 heterocycles. The molecule has 10 heteroatoms. The van der Waals surface area contributed by atoms with E-state index in [4.69, 9.17) is 0 Å². The van der Waals surface area contributed by atoms with E-state index in [1.54, 1.807) is 6.92 Å². The molecule has 1 aliphatic heterocycles. The van der Waals surface area contributed by atoms with Crippen LogP contribution in [-0.4, -0.2) is 51.9 Å². The Hall–Kier alpha value is -1.29. The minimum absolute atomic E-state index is 0.000918. The molecule has 2 rings (SSSR count). The zero-order valence-electron chi connectivity index (χ0n) is 12.5. The van der Waals surface area contributed by atoms with E-state index in [0.29, 0.717) is 18.1 Å². The Balaban J connectivity index is 1.96. The lowest BCUT2D eigenvalue weighted by atomic mass is 10.2. The van der Waals surface area contributed by atoms with Gasteiger partial charge in [0.1, 0.15) is 0 Å². The van der Waals surface area contributed by atoms with Gasteiger partial charge in [-0.2, -0.15) is 0 Å². The van der Waals surface area contributed by atoms with Crippen LogP contribution in [0.4, 0.5) is 0 Å². The van der Waals surface area contributed by atoms with Crippen molar-refractivity contribution in [3.05, 3.63) is 10.5 Å². The van der Waals surface area contributed by atoms with Crippen molar-refractivity contribution >= 4 is 27.5 Å². The molecule has 0 unspecified atom stereocenters. The monoisotopic (exact) mass is 348 g/mol. The lowest BCUT2D eigenvalue weighted by molar-refractivity contribution is -0.120. The third-order valence-electron chi connectivity index (χ3n) is 3.40. The summed E-state index contributed by atoms with van der Waals surface area (Å²) in [5, 5.41) is 9.05.